The van der Waals surface area contributed by atoms with E-state index in [1.807, 2.05) is 18.2 Å². The first kappa shape index (κ1) is 23.2. The molecule has 3 saturated heterocycles. The molecule has 4 nitrogen and oxygen atoms in total. The second-order valence-corrected chi connectivity index (χ2v) is 10.6. The van der Waals surface area contributed by atoms with Crippen molar-refractivity contribution in [3.63, 3.8) is 0 Å². The second-order valence-electron chi connectivity index (χ2n) is 10.6. The minimum absolute atomic E-state index is 0.0628. The van der Waals surface area contributed by atoms with Crippen LogP contribution >= 0.6 is 0 Å². The van der Waals surface area contributed by atoms with Gasteiger partial charge in [0.1, 0.15) is 6.10 Å². The number of carbonyl (C=O) groups is 1. The van der Waals surface area contributed by atoms with E-state index in [1.165, 1.54) is 12.1 Å². The first-order chi connectivity index (χ1) is 16.1. The number of hydrogen-bond acceptors (Lipinski definition) is 3. The standard InChI is InChI=1S/C27H31F3N2O2/c1-26(2)12-9-18-3-4-20(17-5-7-21(8-6-17)27(28,29)30)15-22(18)24(26)31-25(33)34-23-16-32-13-10-19(23)11-14-32/h3-8,15,19,23-24H,9-14,16H2,1-2H3,(H,31,33)/t23-,24?/m0/s1. The average Bonchev–Trinajstić information content (AvgIpc) is 2.81. The van der Waals surface area contributed by atoms with Crippen LogP contribution in [0.3, 0.4) is 0 Å². The Bertz CT molecular complexity index is 1060. The number of nitrogens with one attached hydrogen (secondary N) is 1. The number of rotatable bonds is 3. The summed E-state index contributed by atoms with van der Waals surface area (Å²) in [6.45, 7) is 7.25. The molecule has 1 unspecified atom stereocenters. The van der Waals surface area contributed by atoms with Crippen molar-refractivity contribution in [2.45, 2.75) is 57.9 Å². The summed E-state index contributed by atoms with van der Waals surface area (Å²) in [6.07, 6.45) is -0.842. The van der Waals surface area contributed by atoms with Crippen LogP contribution in [-0.2, 0) is 17.3 Å². The number of hydrogen-bond donors (Lipinski definition) is 1. The minimum Gasteiger partial charge on any atom is -0.445 e. The number of aryl methyl sites for hydroxylation is 1. The van der Waals surface area contributed by atoms with Gasteiger partial charge in [0.05, 0.1) is 11.6 Å². The zero-order valence-electron chi connectivity index (χ0n) is 19.6. The van der Waals surface area contributed by atoms with E-state index in [0.29, 0.717) is 11.5 Å². The molecule has 3 aliphatic heterocycles. The fourth-order valence-electron chi connectivity index (χ4n) is 5.75. The Morgan fingerprint density at radius 2 is 1.74 bits per heavy atom. The van der Waals surface area contributed by atoms with Crippen LogP contribution in [0.1, 0.15) is 55.8 Å². The molecule has 1 aliphatic carbocycles. The van der Waals surface area contributed by atoms with Crippen molar-refractivity contribution >= 4 is 6.09 Å². The van der Waals surface area contributed by atoms with Gasteiger partial charge in [0.15, 0.2) is 0 Å². The highest BCUT2D eigenvalue weighted by atomic mass is 19.4. The van der Waals surface area contributed by atoms with Crippen LogP contribution < -0.4 is 5.32 Å². The number of benzene rings is 2. The van der Waals surface area contributed by atoms with Gasteiger partial charge < -0.3 is 10.1 Å². The highest BCUT2D eigenvalue weighted by molar-refractivity contribution is 5.70. The summed E-state index contributed by atoms with van der Waals surface area (Å²) >= 11 is 0. The first-order valence-electron chi connectivity index (χ1n) is 12.1. The van der Waals surface area contributed by atoms with E-state index < -0.39 is 11.7 Å². The molecular formula is C27H31F3N2O2. The molecule has 4 aliphatic rings. The number of ether oxygens (including phenoxy) is 1. The van der Waals surface area contributed by atoms with E-state index in [0.717, 1.165) is 74.1 Å². The largest absolute Gasteiger partial charge is 0.445 e. The van der Waals surface area contributed by atoms with Crippen LogP contribution in [0.4, 0.5) is 18.0 Å². The maximum absolute atomic E-state index is 13.0. The molecule has 182 valence electrons. The smallest absolute Gasteiger partial charge is 0.416 e. The molecule has 0 saturated carbocycles. The molecule has 0 radical (unpaired) electrons. The van der Waals surface area contributed by atoms with Gasteiger partial charge in [0, 0.05) is 6.54 Å². The third-order valence-corrected chi connectivity index (χ3v) is 7.94. The van der Waals surface area contributed by atoms with Crippen LogP contribution in [0.2, 0.25) is 0 Å². The molecule has 2 aromatic carbocycles. The van der Waals surface area contributed by atoms with Crippen LogP contribution in [0.25, 0.3) is 11.1 Å². The second kappa shape index (κ2) is 8.59. The van der Waals surface area contributed by atoms with Gasteiger partial charge in [-0.1, -0.05) is 38.1 Å². The molecule has 2 atom stereocenters. The summed E-state index contributed by atoms with van der Waals surface area (Å²) in [5.74, 6) is 0.439. The summed E-state index contributed by atoms with van der Waals surface area (Å²) in [7, 11) is 0. The normalized spacial score (nSPS) is 27.7. The lowest BCUT2D eigenvalue weighted by atomic mass is 9.70. The fourth-order valence-corrected chi connectivity index (χ4v) is 5.75. The maximum Gasteiger partial charge on any atom is 0.416 e. The zero-order valence-corrected chi connectivity index (χ0v) is 19.6. The van der Waals surface area contributed by atoms with Gasteiger partial charge in [-0.2, -0.15) is 13.2 Å². The highest BCUT2D eigenvalue weighted by Crippen LogP contribution is 2.45. The molecule has 7 heteroatoms. The van der Waals surface area contributed by atoms with Gasteiger partial charge in [-0.25, -0.2) is 4.79 Å². The van der Waals surface area contributed by atoms with Crippen LogP contribution in [-0.4, -0.2) is 36.7 Å². The van der Waals surface area contributed by atoms with Crippen molar-refractivity contribution in [3.05, 3.63) is 59.2 Å². The number of fused-ring (bicyclic) bond motifs is 4. The third-order valence-electron chi connectivity index (χ3n) is 7.94. The van der Waals surface area contributed by atoms with Crippen molar-refractivity contribution in [3.8, 4) is 11.1 Å². The molecule has 0 aromatic heterocycles. The van der Waals surface area contributed by atoms with Crippen LogP contribution in [0.5, 0.6) is 0 Å². The summed E-state index contributed by atoms with van der Waals surface area (Å²) in [5, 5.41) is 3.15. The van der Waals surface area contributed by atoms with E-state index >= 15 is 0 Å². The van der Waals surface area contributed by atoms with E-state index in [1.54, 1.807) is 0 Å². The topological polar surface area (TPSA) is 41.6 Å². The number of carbonyl (C=O) groups excluding carboxylic acids is 1. The van der Waals surface area contributed by atoms with E-state index in [2.05, 4.69) is 24.1 Å². The number of alkyl carbamates (subject to hydrolysis) is 1. The van der Waals surface area contributed by atoms with E-state index in [4.69, 9.17) is 4.74 Å². The predicted octanol–water partition coefficient (Wildman–Crippen LogP) is 6.21. The summed E-state index contributed by atoms with van der Waals surface area (Å²) in [4.78, 5) is 15.3. The number of alkyl halides is 3. The van der Waals surface area contributed by atoms with Gasteiger partial charge in [0.25, 0.3) is 0 Å². The number of piperidine rings is 3. The van der Waals surface area contributed by atoms with Crippen molar-refractivity contribution in [2.24, 2.45) is 11.3 Å². The van der Waals surface area contributed by atoms with Gasteiger partial charge in [-0.05, 0) is 90.6 Å². The Morgan fingerprint density at radius 1 is 1.06 bits per heavy atom. The maximum atomic E-state index is 13.0. The summed E-state index contributed by atoms with van der Waals surface area (Å²) in [6, 6.07) is 11.0. The van der Waals surface area contributed by atoms with Gasteiger partial charge in [-0.3, -0.25) is 4.90 Å². The van der Waals surface area contributed by atoms with Crippen molar-refractivity contribution in [2.75, 3.05) is 19.6 Å². The SMILES string of the molecule is CC1(C)CCc2ccc(-c3ccc(C(F)(F)F)cc3)cc2C1NC(=O)O[C@H]1CN2CCC1CC2. The van der Waals surface area contributed by atoms with E-state index in [-0.39, 0.29) is 23.7 Å². The number of amides is 1. The Labute approximate surface area is 198 Å². The first-order valence-corrected chi connectivity index (χ1v) is 12.1. The molecule has 1 amide bonds. The minimum atomic E-state index is -4.36. The van der Waals surface area contributed by atoms with Crippen molar-refractivity contribution in [1.29, 1.82) is 0 Å². The molecule has 2 aromatic rings. The molecule has 3 fully saturated rings. The zero-order chi connectivity index (χ0) is 24.1. The molecule has 6 rings (SSSR count). The molecular weight excluding hydrogens is 441 g/mol. The van der Waals surface area contributed by atoms with E-state index in [9.17, 15) is 18.0 Å². The van der Waals surface area contributed by atoms with Crippen molar-refractivity contribution in [1.82, 2.24) is 10.2 Å². The lowest BCUT2D eigenvalue weighted by Crippen LogP contribution is -2.53. The monoisotopic (exact) mass is 472 g/mol. The Balaban J connectivity index is 1.37. The lowest BCUT2D eigenvalue weighted by molar-refractivity contribution is -0.137. The Hall–Kier alpha value is -2.54. The Morgan fingerprint density at radius 3 is 2.35 bits per heavy atom. The number of nitrogens with zero attached hydrogens (tertiary/aromatic N) is 1. The predicted molar refractivity (Wildman–Crippen MR) is 124 cm³/mol. The summed E-state index contributed by atoms with van der Waals surface area (Å²) < 4.78 is 44.8. The Kier molecular flexibility index (Phi) is 5.87. The van der Waals surface area contributed by atoms with Crippen LogP contribution in [0.15, 0.2) is 42.5 Å². The molecule has 3 heterocycles. The van der Waals surface area contributed by atoms with Gasteiger partial charge >= 0.3 is 12.3 Å². The molecule has 1 N–H and O–H groups in total. The quantitative estimate of drug-likeness (QED) is 0.578. The molecule has 34 heavy (non-hydrogen) atoms. The van der Waals surface area contributed by atoms with Crippen molar-refractivity contribution < 1.29 is 22.7 Å². The summed E-state index contributed by atoms with van der Waals surface area (Å²) in [5.41, 5.74) is 2.88. The third kappa shape index (κ3) is 4.54. The fraction of sp³-hybridized carbons (Fsp3) is 0.519. The average molecular weight is 473 g/mol. The van der Waals surface area contributed by atoms with Gasteiger partial charge in [0.2, 0.25) is 0 Å². The highest BCUT2D eigenvalue weighted by Gasteiger charge is 2.40. The van der Waals surface area contributed by atoms with Gasteiger partial charge in [-0.15, -0.1) is 0 Å². The number of halogens is 3. The lowest BCUT2D eigenvalue weighted by Gasteiger charge is -2.44. The molecule has 2 bridgehead atoms. The van der Waals surface area contributed by atoms with Crippen LogP contribution in [0, 0.1) is 11.3 Å². The molecule has 0 spiro atoms.